The summed E-state index contributed by atoms with van der Waals surface area (Å²) in [4.78, 5) is 26.2. The van der Waals surface area contributed by atoms with E-state index in [1.807, 2.05) is 30.3 Å². The Morgan fingerprint density at radius 3 is 2.58 bits per heavy atom. The molecule has 4 heteroatoms. The van der Waals surface area contributed by atoms with Crippen molar-refractivity contribution in [2.75, 3.05) is 6.61 Å². The van der Waals surface area contributed by atoms with Gasteiger partial charge in [-0.1, -0.05) is 30.3 Å². The van der Waals surface area contributed by atoms with Crippen molar-refractivity contribution < 1.29 is 9.53 Å². The van der Waals surface area contributed by atoms with Gasteiger partial charge in [0.1, 0.15) is 0 Å². The fourth-order valence-electron chi connectivity index (χ4n) is 2.04. The van der Waals surface area contributed by atoms with Crippen molar-refractivity contribution in [3.05, 3.63) is 58.0 Å². The molecular formula is C15H15NO3. The molecule has 0 atom stereocenters. The van der Waals surface area contributed by atoms with Gasteiger partial charge in [0, 0.05) is 17.3 Å². The maximum absolute atomic E-state index is 12.0. The number of pyridine rings is 1. The van der Waals surface area contributed by atoms with Crippen LogP contribution in [0.3, 0.4) is 0 Å². The second kappa shape index (κ2) is 5.52. The number of hydrogen-bond acceptors (Lipinski definition) is 3. The average Bonchev–Trinajstić information content (AvgIpc) is 2.39. The maximum atomic E-state index is 12.0. The summed E-state index contributed by atoms with van der Waals surface area (Å²) >= 11 is 0. The molecule has 1 aromatic carbocycles. The van der Waals surface area contributed by atoms with E-state index in [4.69, 9.17) is 4.74 Å². The molecule has 1 heterocycles. The van der Waals surface area contributed by atoms with Crippen molar-refractivity contribution in [2.45, 2.75) is 13.8 Å². The van der Waals surface area contributed by atoms with Gasteiger partial charge in [0.2, 0.25) is 5.56 Å². The highest BCUT2D eigenvalue weighted by Gasteiger charge is 2.17. The number of H-pyrrole nitrogens is 1. The highest BCUT2D eigenvalue weighted by Crippen LogP contribution is 2.25. The first-order chi connectivity index (χ1) is 9.13. The Morgan fingerprint density at radius 2 is 1.95 bits per heavy atom. The normalized spacial score (nSPS) is 10.2. The van der Waals surface area contributed by atoms with E-state index in [0.29, 0.717) is 16.8 Å². The van der Waals surface area contributed by atoms with Crippen molar-refractivity contribution in [1.29, 1.82) is 0 Å². The molecule has 4 nitrogen and oxygen atoms in total. The van der Waals surface area contributed by atoms with Crippen molar-refractivity contribution in [2.24, 2.45) is 0 Å². The minimum Gasteiger partial charge on any atom is -0.462 e. The Bertz CT molecular complexity index is 644. The SMILES string of the molecule is CCOC(=O)c1cc(=O)[nH]c(C)c1-c1ccccc1. The summed E-state index contributed by atoms with van der Waals surface area (Å²) in [5, 5.41) is 0. The summed E-state index contributed by atoms with van der Waals surface area (Å²) in [6.07, 6.45) is 0. The summed E-state index contributed by atoms with van der Waals surface area (Å²) in [6, 6.07) is 10.7. The second-order valence-electron chi connectivity index (χ2n) is 4.13. The lowest BCUT2D eigenvalue weighted by Crippen LogP contribution is -2.15. The molecular weight excluding hydrogens is 242 g/mol. The fourth-order valence-corrected chi connectivity index (χ4v) is 2.04. The molecule has 0 saturated carbocycles. The molecule has 0 radical (unpaired) electrons. The van der Waals surface area contributed by atoms with Gasteiger partial charge in [-0.05, 0) is 19.4 Å². The zero-order valence-electron chi connectivity index (χ0n) is 10.9. The standard InChI is InChI=1S/C15H15NO3/c1-3-19-15(18)12-9-13(17)16-10(2)14(12)11-7-5-4-6-8-11/h4-9H,3H2,1-2H3,(H,16,17). The van der Waals surface area contributed by atoms with E-state index in [0.717, 1.165) is 5.56 Å². The van der Waals surface area contributed by atoms with Crippen LogP contribution in [-0.2, 0) is 4.74 Å². The quantitative estimate of drug-likeness (QED) is 0.859. The molecule has 0 aliphatic heterocycles. The fraction of sp³-hybridized carbons (Fsp3) is 0.200. The Balaban J connectivity index is 2.65. The molecule has 0 unspecified atom stereocenters. The molecule has 0 spiro atoms. The van der Waals surface area contributed by atoms with E-state index in [1.54, 1.807) is 13.8 Å². The number of ether oxygens (including phenoxy) is 1. The van der Waals surface area contributed by atoms with Crippen LogP contribution in [0.5, 0.6) is 0 Å². The highest BCUT2D eigenvalue weighted by atomic mass is 16.5. The molecule has 19 heavy (non-hydrogen) atoms. The van der Waals surface area contributed by atoms with Crippen molar-refractivity contribution >= 4 is 5.97 Å². The number of nitrogens with one attached hydrogen (secondary N) is 1. The zero-order chi connectivity index (χ0) is 13.8. The number of rotatable bonds is 3. The number of benzene rings is 1. The molecule has 2 aromatic rings. The molecule has 0 fully saturated rings. The predicted molar refractivity (Wildman–Crippen MR) is 73.2 cm³/mol. The summed E-state index contributed by atoms with van der Waals surface area (Å²) in [7, 11) is 0. The lowest BCUT2D eigenvalue weighted by Gasteiger charge is -2.11. The van der Waals surface area contributed by atoms with E-state index in [9.17, 15) is 9.59 Å². The molecule has 98 valence electrons. The van der Waals surface area contributed by atoms with Crippen LogP contribution in [0.2, 0.25) is 0 Å². The lowest BCUT2D eigenvalue weighted by atomic mass is 9.99. The van der Waals surface area contributed by atoms with Crippen LogP contribution in [0.25, 0.3) is 11.1 Å². The first kappa shape index (κ1) is 13.1. The highest BCUT2D eigenvalue weighted by molar-refractivity contribution is 5.97. The van der Waals surface area contributed by atoms with E-state index < -0.39 is 5.97 Å². The van der Waals surface area contributed by atoms with Crippen LogP contribution in [0.15, 0.2) is 41.2 Å². The summed E-state index contributed by atoms with van der Waals surface area (Å²) < 4.78 is 5.01. The minimum atomic E-state index is -0.476. The van der Waals surface area contributed by atoms with Crippen LogP contribution in [0.1, 0.15) is 23.0 Å². The van der Waals surface area contributed by atoms with Gasteiger partial charge in [0.15, 0.2) is 0 Å². The maximum Gasteiger partial charge on any atom is 0.339 e. The molecule has 0 saturated heterocycles. The van der Waals surface area contributed by atoms with Gasteiger partial charge in [0.25, 0.3) is 0 Å². The molecule has 0 amide bonds. The summed E-state index contributed by atoms with van der Waals surface area (Å²) in [5.41, 5.74) is 2.23. The van der Waals surface area contributed by atoms with Gasteiger partial charge in [-0.3, -0.25) is 4.79 Å². The number of aromatic amines is 1. The smallest absolute Gasteiger partial charge is 0.339 e. The topological polar surface area (TPSA) is 59.2 Å². The molecule has 1 aromatic heterocycles. The number of aryl methyl sites for hydroxylation is 1. The van der Waals surface area contributed by atoms with Crippen LogP contribution in [0.4, 0.5) is 0 Å². The largest absolute Gasteiger partial charge is 0.462 e. The van der Waals surface area contributed by atoms with Crippen LogP contribution in [0, 0.1) is 6.92 Å². The Hall–Kier alpha value is -2.36. The third-order valence-electron chi connectivity index (χ3n) is 2.79. The third-order valence-corrected chi connectivity index (χ3v) is 2.79. The molecule has 0 aliphatic rings. The Morgan fingerprint density at radius 1 is 1.26 bits per heavy atom. The summed E-state index contributed by atoms with van der Waals surface area (Å²) in [6.45, 7) is 3.78. The first-order valence-electron chi connectivity index (χ1n) is 6.10. The number of hydrogen-bond donors (Lipinski definition) is 1. The Kier molecular flexibility index (Phi) is 3.80. The number of esters is 1. The van der Waals surface area contributed by atoms with E-state index in [2.05, 4.69) is 4.98 Å². The molecule has 1 N–H and O–H groups in total. The van der Waals surface area contributed by atoms with E-state index in [-0.39, 0.29) is 12.2 Å². The van der Waals surface area contributed by atoms with Gasteiger partial charge in [0.05, 0.1) is 12.2 Å². The van der Waals surface area contributed by atoms with E-state index >= 15 is 0 Å². The minimum absolute atomic E-state index is 0.277. The molecule has 2 rings (SSSR count). The van der Waals surface area contributed by atoms with Gasteiger partial charge in [-0.25, -0.2) is 4.79 Å². The zero-order valence-corrected chi connectivity index (χ0v) is 10.9. The Labute approximate surface area is 111 Å². The van der Waals surface area contributed by atoms with Crippen molar-refractivity contribution in [1.82, 2.24) is 4.98 Å². The van der Waals surface area contributed by atoms with Crippen molar-refractivity contribution in [3.8, 4) is 11.1 Å². The molecule has 0 aliphatic carbocycles. The van der Waals surface area contributed by atoms with Gasteiger partial charge in [-0.15, -0.1) is 0 Å². The number of carbonyl (C=O) groups is 1. The monoisotopic (exact) mass is 257 g/mol. The van der Waals surface area contributed by atoms with Crippen molar-refractivity contribution in [3.63, 3.8) is 0 Å². The van der Waals surface area contributed by atoms with Crippen LogP contribution >= 0.6 is 0 Å². The number of carbonyl (C=O) groups excluding carboxylic acids is 1. The van der Waals surface area contributed by atoms with Crippen LogP contribution < -0.4 is 5.56 Å². The summed E-state index contributed by atoms with van der Waals surface area (Å²) in [5.74, 6) is -0.476. The lowest BCUT2D eigenvalue weighted by molar-refractivity contribution is 0.0527. The first-order valence-corrected chi connectivity index (χ1v) is 6.10. The number of aromatic nitrogens is 1. The van der Waals surface area contributed by atoms with Gasteiger partial charge < -0.3 is 9.72 Å². The van der Waals surface area contributed by atoms with Crippen LogP contribution in [-0.4, -0.2) is 17.6 Å². The van der Waals surface area contributed by atoms with Gasteiger partial charge in [-0.2, -0.15) is 0 Å². The average molecular weight is 257 g/mol. The third kappa shape index (κ3) is 2.73. The second-order valence-corrected chi connectivity index (χ2v) is 4.13. The molecule has 0 bridgehead atoms. The van der Waals surface area contributed by atoms with Gasteiger partial charge >= 0.3 is 5.97 Å². The predicted octanol–water partition coefficient (Wildman–Crippen LogP) is 2.53. The van der Waals surface area contributed by atoms with E-state index in [1.165, 1.54) is 6.07 Å².